The summed E-state index contributed by atoms with van der Waals surface area (Å²) in [6.07, 6.45) is 4.57. The maximum Gasteiger partial charge on any atom is 0.0784 e. The number of hydrogen-bond donors (Lipinski definition) is 0. The maximum absolute atomic E-state index is 5.83. The van der Waals surface area contributed by atoms with Gasteiger partial charge in [-0.2, -0.15) is 0 Å². The van der Waals surface area contributed by atoms with Gasteiger partial charge in [0.15, 0.2) is 0 Å². The minimum absolute atomic E-state index is 0.246. The molecule has 1 saturated carbocycles. The predicted octanol–water partition coefficient (Wildman–Crippen LogP) is 2.39. The molecule has 1 aliphatic carbocycles. The first-order valence-electron chi connectivity index (χ1n) is 4.52. The largest absolute Gasteiger partial charge is 0.382 e. The van der Waals surface area contributed by atoms with Crippen LogP contribution in [0.5, 0.6) is 0 Å². The average molecular weight is 284 g/mol. The topological polar surface area (TPSA) is 18.5 Å². The lowest BCUT2D eigenvalue weighted by molar-refractivity contribution is -0.0317. The normalized spacial score (nSPS) is 32.2. The Hall–Kier alpha value is 0.650. The summed E-state index contributed by atoms with van der Waals surface area (Å²) in [5.41, 5.74) is 0. The van der Waals surface area contributed by atoms with Crippen molar-refractivity contribution in [3.63, 3.8) is 0 Å². The maximum atomic E-state index is 5.83. The quantitative estimate of drug-likeness (QED) is 0.583. The van der Waals surface area contributed by atoms with Gasteiger partial charge in [0.05, 0.1) is 18.8 Å². The lowest BCUT2D eigenvalue weighted by atomic mass is 10.3. The molecule has 1 rings (SSSR count). The molecule has 0 aromatic heterocycles. The van der Waals surface area contributed by atoms with Gasteiger partial charge in [-0.3, -0.25) is 0 Å². The SMILES string of the molecule is COCC(C)OC1CCCC1I. The zero-order valence-electron chi connectivity index (χ0n) is 7.75. The lowest BCUT2D eigenvalue weighted by Gasteiger charge is -2.20. The second kappa shape index (κ2) is 5.40. The van der Waals surface area contributed by atoms with Gasteiger partial charge in [-0.1, -0.05) is 22.6 Å². The highest BCUT2D eigenvalue weighted by Gasteiger charge is 2.26. The molecule has 12 heavy (non-hydrogen) atoms. The van der Waals surface area contributed by atoms with E-state index in [1.807, 2.05) is 0 Å². The minimum Gasteiger partial charge on any atom is -0.382 e. The van der Waals surface area contributed by atoms with E-state index >= 15 is 0 Å². The summed E-state index contributed by atoms with van der Waals surface area (Å²) < 4.78 is 11.6. The first-order valence-corrected chi connectivity index (χ1v) is 5.77. The summed E-state index contributed by atoms with van der Waals surface area (Å²) in [6, 6.07) is 0. The van der Waals surface area contributed by atoms with Crippen LogP contribution >= 0.6 is 22.6 Å². The predicted molar refractivity (Wildman–Crippen MR) is 57.9 cm³/mol. The van der Waals surface area contributed by atoms with Crippen LogP contribution in [0.1, 0.15) is 26.2 Å². The van der Waals surface area contributed by atoms with Crippen molar-refractivity contribution in [2.45, 2.75) is 42.3 Å². The van der Waals surface area contributed by atoms with Gasteiger partial charge in [-0.25, -0.2) is 0 Å². The lowest BCUT2D eigenvalue weighted by Crippen LogP contribution is -2.26. The smallest absolute Gasteiger partial charge is 0.0784 e. The molecule has 2 nitrogen and oxygen atoms in total. The number of ether oxygens (including phenoxy) is 2. The molecule has 0 radical (unpaired) electrons. The standard InChI is InChI=1S/C9H17IO2/c1-7(6-11-2)12-9-5-3-4-8(9)10/h7-9H,3-6H2,1-2H3. The van der Waals surface area contributed by atoms with Crippen LogP contribution < -0.4 is 0 Å². The van der Waals surface area contributed by atoms with Crippen molar-refractivity contribution in [2.75, 3.05) is 13.7 Å². The Morgan fingerprint density at radius 2 is 2.25 bits per heavy atom. The van der Waals surface area contributed by atoms with Crippen molar-refractivity contribution in [1.82, 2.24) is 0 Å². The fraction of sp³-hybridized carbons (Fsp3) is 1.00. The molecule has 1 fully saturated rings. The number of methoxy groups -OCH3 is 1. The van der Waals surface area contributed by atoms with E-state index in [1.54, 1.807) is 7.11 Å². The van der Waals surface area contributed by atoms with Crippen molar-refractivity contribution >= 4 is 22.6 Å². The van der Waals surface area contributed by atoms with Gasteiger partial charge in [0.25, 0.3) is 0 Å². The number of hydrogen-bond acceptors (Lipinski definition) is 2. The molecule has 0 N–H and O–H groups in total. The molecule has 0 heterocycles. The van der Waals surface area contributed by atoms with E-state index in [-0.39, 0.29) is 6.10 Å². The fourth-order valence-corrected chi connectivity index (χ4v) is 2.58. The summed E-state index contributed by atoms with van der Waals surface area (Å²) in [4.78, 5) is 0. The van der Waals surface area contributed by atoms with E-state index in [4.69, 9.17) is 9.47 Å². The molecule has 3 heteroatoms. The average Bonchev–Trinajstić information content (AvgIpc) is 2.37. The molecule has 0 spiro atoms. The summed E-state index contributed by atoms with van der Waals surface area (Å²) in [5, 5.41) is 0. The molecule has 0 aliphatic heterocycles. The van der Waals surface area contributed by atoms with Gasteiger partial charge < -0.3 is 9.47 Å². The van der Waals surface area contributed by atoms with E-state index in [0.29, 0.717) is 16.6 Å². The Bertz CT molecular complexity index is 130. The Morgan fingerprint density at radius 1 is 1.50 bits per heavy atom. The van der Waals surface area contributed by atoms with Crippen LogP contribution in [0.4, 0.5) is 0 Å². The Morgan fingerprint density at radius 3 is 2.75 bits per heavy atom. The highest BCUT2D eigenvalue weighted by atomic mass is 127. The first kappa shape index (κ1) is 10.7. The zero-order valence-corrected chi connectivity index (χ0v) is 9.91. The summed E-state index contributed by atoms with van der Waals surface area (Å²) >= 11 is 2.49. The van der Waals surface area contributed by atoms with Gasteiger partial charge >= 0.3 is 0 Å². The highest BCUT2D eigenvalue weighted by Crippen LogP contribution is 2.29. The summed E-state index contributed by atoms with van der Waals surface area (Å²) in [5.74, 6) is 0. The molecule has 72 valence electrons. The molecule has 0 saturated heterocycles. The Labute approximate surface area is 88.1 Å². The van der Waals surface area contributed by atoms with Crippen LogP contribution in [0.3, 0.4) is 0 Å². The molecule has 0 aromatic rings. The van der Waals surface area contributed by atoms with E-state index in [9.17, 15) is 0 Å². The van der Waals surface area contributed by atoms with E-state index in [2.05, 4.69) is 29.5 Å². The van der Waals surface area contributed by atoms with Crippen molar-refractivity contribution in [3.8, 4) is 0 Å². The summed E-state index contributed by atoms with van der Waals surface area (Å²) in [7, 11) is 1.72. The zero-order chi connectivity index (χ0) is 8.97. The molecule has 0 aromatic carbocycles. The van der Waals surface area contributed by atoms with Crippen molar-refractivity contribution in [2.24, 2.45) is 0 Å². The van der Waals surface area contributed by atoms with Crippen LogP contribution in [0.15, 0.2) is 0 Å². The molecular weight excluding hydrogens is 267 g/mol. The van der Waals surface area contributed by atoms with Gasteiger partial charge in [-0.15, -0.1) is 0 Å². The highest BCUT2D eigenvalue weighted by molar-refractivity contribution is 14.1. The molecular formula is C9H17IO2. The Kier molecular flexibility index (Phi) is 4.82. The molecule has 1 aliphatic rings. The van der Waals surface area contributed by atoms with Crippen LogP contribution in [-0.4, -0.2) is 29.8 Å². The van der Waals surface area contributed by atoms with E-state index in [0.717, 1.165) is 0 Å². The minimum atomic E-state index is 0.246. The number of halogens is 1. The van der Waals surface area contributed by atoms with Gasteiger partial charge in [0.2, 0.25) is 0 Å². The van der Waals surface area contributed by atoms with Crippen molar-refractivity contribution in [1.29, 1.82) is 0 Å². The van der Waals surface area contributed by atoms with Crippen LogP contribution in [-0.2, 0) is 9.47 Å². The van der Waals surface area contributed by atoms with Crippen LogP contribution in [0.2, 0.25) is 0 Å². The van der Waals surface area contributed by atoms with Crippen LogP contribution in [0, 0.1) is 0 Å². The third-order valence-electron chi connectivity index (χ3n) is 2.18. The van der Waals surface area contributed by atoms with Crippen molar-refractivity contribution < 1.29 is 9.47 Å². The van der Waals surface area contributed by atoms with E-state index in [1.165, 1.54) is 19.3 Å². The second-order valence-corrected chi connectivity index (χ2v) is 4.99. The third kappa shape index (κ3) is 3.18. The van der Waals surface area contributed by atoms with Crippen molar-refractivity contribution in [3.05, 3.63) is 0 Å². The molecule has 0 bridgehead atoms. The number of rotatable bonds is 4. The van der Waals surface area contributed by atoms with Gasteiger partial charge in [0.1, 0.15) is 0 Å². The van der Waals surface area contributed by atoms with Gasteiger partial charge in [-0.05, 0) is 26.2 Å². The summed E-state index contributed by atoms with van der Waals surface area (Å²) in [6.45, 7) is 2.78. The number of alkyl halides is 1. The monoisotopic (exact) mass is 284 g/mol. The molecule has 0 amide bonds. The Balaban J connectivity index is 2.20. The van der Waals surface area contributed by atoms with Crippen LogP contribution in [0.25, 0.3) is 0 Å². The fourth-order valence-electron chi connectivity index (χ4n) is 1.61. The first-order chi connectivity index (χ1) is 5.74. The molecule has 3 unspecified atom stereocenters. The van der Waals surface area contributed by atoms with E-state index < -0.39 is 0 Å². The molecule has 3 atom stereocenters. The van der Waals surface area contributed by atoms with Gasteiger partial charge in [0, 0.05) is 11.0 Å². The second-order valence-electron chi connectivity index (χ2n) is 3.39. The third-order valence-corrected chi connectivity index (χ3v) is 3.61.